The molecule has 0 aliphatic heterocycles. The first-order valence-corrected chi connectivity index (χ1v) is 6.36. The Bertz CT molecular complexity index is 321. The second-order valence-electron chi connectivity index (χ2n) is 3.62. The molecule has 0 bridgehead atoms. The van der Waals surface area contributed by atoms with Gasteiger partial charge in [-0.2, -0.15) is 0 Å². The van der Waals surface area contributed by atoms with Gasteiger partial charge in [-0.05, 0) is 38.1 Å². The zero-order valence-corrected chi connectivity index (χ0v) is 12.6. The lowest BCUT2D eigenvalue weighted by atomic mass is 9.97. The summed E-state index contributed by atoms with van der Waals surface area (Å²) in [7, 11) is 1.56. The van der Waals surface area contributed by atoms with E-state index in [0.717, 1.165) is 0 Å². The highest BCUT2D eigenvalue weighted by molar-refractivity contribution is 6.01. The van der Waals surface area contributed by atoms with Crippen LogP contribution in [0.5, 0.6) is 5.75 Å². The van der Waals surface area contributed by atoms with Gasteiger partial charge >= 0.3 is 0 Å². The van der Waals surface area contributed by atoms with E-state index in [1.807, 2.05) is 27.7 Å². The topological polar surface area (TPSA) is 46.5 Å². The number of carbonyl (C=O) groups is 1. The molecule has 1 aromatic rings. The van der Waals surface area contributed by atoms with Gasteiger partial charge < -0.3 is 9.84 Å². The van der Waals surface area contributed by atoms with Crippen LogP contribution in [0.2, 0.25) is 0 Å². The highest BCUT2D eigenvalue weighted by Crippen LogP contribution is 2.16. The molecule has 1 N–H and O–H groups in total. The monoisotopic (exact) mass is 254 g/mol. The van der Waals surface area contributed by atoms with E-state index in [9.17, 15) is 9.90 Å². The van der Waals surface area contributed by atoms with Crippen LogP contribution < -0.4 is 4.74 Å². The fourth-order valence-corrected chi connectivity index (χ4v) is 1.10. The van der Waals surface area contributed by atoms with Crippen LogP contribution in [0.4, 0.5) is 0 Å². The third-order valence-corrected chi connectivity index (χ3v) is 1.91. The third-order valence-electron chi connectivity index (χ3n) is 1.91. The number of ketones is 1. The van der Waals surface area contributed by atoms with Crippen molar-refractivity contribution in [1.82, 2.24) is 0 Å². The van der Waals surface area contributed by atoms with Crippen LogP contribution in [0.3, 0.4) is 0 Å². The number of aliphatic hydroxyl groups is 1. The van der Waals surface area contributed by atoms with Crippen LogP contribution in [0.25, 0.3) is 0 Å². The molecular weight excluding hydrogens is 228 g/mol. The summed E-state index contributed by atoms with van der Waals surface area (Å²) in [6, 6.07) is 6.66. The first-order valence-electron chi connectivity index (χ1n) is 6.36. The molecule has 0 atom stereocenters. The Morgan fingerprint density at radius 1 is 1.06 bits per heavy atom. The fraction of sp³-hybridized carbons (Fsp3) is 0.533. The lowest BCUT2D eigenvalue weighted by Gasteiger charge is -2.15. The number of ether oxygens (including phenoxy) is 1. The van der Waals surface area contributed by atoms with Crippen LogP contribution in [0.1, 0.15) is 51.9 Å². The molecule has 18 heavy (non-hydrogen) atoms. The SMILES string of the molecule is CC.CC.COc1ccc(C(=O)C(C)(C)O)cc1. The molecule has 0 aromatic heterocycles. The molecule has 0 unspecified atom stereocenters. The average Bonchev–Trinajstić information content (AvgIpc) is 2.41. The van der Waals surface area contributed by atoms with Gasteiger partial charge in [-0.25, -0.2) is 0 Å². The molecule has 0 aliphatic rings. The van der Waals surface area contributed by atoms with Crippen molar-refractivity contribution in [2.45, 2.75) is 47.1 Å². The molecular formula is C15H26O3. The van der Waals surface area contributed by atoms with Crippen molar-refractivity contribution < 1.29 is 14.6 Å². The van der Waals surface area contributed by atoms with Gasteiger partial charge in [-0.15, -0.1) is 0 Å². The maximum absolute atomic E-state index is 11.6. The summed E-state index contributed by atoms with van der Waals surface area (Å²) in [6.07, 6.45) is 0. The van der Waals surface area contributed by atoms with E-state index in [1.165, 1.54) is 13.8 Å². The zero-order chi connectivity index (χ0) is 14.8. The lowest BCUT2D eigenvalue weighted by Crippen LogP contribution is -2.30. The van der Waals surface area contributed by atoms with Crippen LogP contribution in [-0.4, -0.2) is 23.6 Å². The molecule has 0 spiro atoms. The summed E-state index contributed by atoms with van der Waals surface area (Å²) in [5.74, 6) is 0.400. The van der Waals surface area contributed by atoms with E-state index in [0.29, 0.717) is 11.3 Å². The van der Waals surface area contributed by atoms with Crippen molar-refractivity contribution in [3.8, 4) is 5.75 Å². The van der Waals surface area contributed by atoms with E-state index in [2.05, 4.69) is 0 Å². The Balaban J connectivity index is 0. The molecule has 0 saturated carbocycles. The van der Waals surface area contributed by atoms with Gasteiger partial charge in [0.05, 0.1) is 7.11 Å². The first kappa shape index (κ1) is 19.0. The summed E-state index contributed by atoms with van der Waals surface area (Å²) in [5.41, 5.74) is -0.840. The van der Waals surface area contributed by atoms with Crippen LogP contribution >= 0.6 is 0 Å². The Hall–Kier alpha value is -1.35. The van der Waals surface area contributed by atoms with E-state index >= 15 is 0 Å². The Morgan fingerprint density at radius 3 is 1.72 bits per heavy atom. The smallest absolute Gasteiger partial charge is 0.193 e. The standard InChI is InChI=1S/C11H14O3.2C2H6/c1-11(2,13)10(12)8-4-6-9(14-3)7-5-8;2*1-2/h4-7,13H,1-3H3;2*1-2H3. The van der Waals surface area contributed by atoms with Gasteiger partial charge in [-0.1, -0.05) is 27.7 Å². The molecule has 1 aromatic carbocycles. The van der Waals surface area contributed by atoms with Crippen LogP contribution in [-0.2, 0) is 0 Å². The summed E-state index contributed by atoms with van der Waals surface area (Å²) in [6.45, 7) is 10.9. The fourth-order valence-electron chi connectivity index (χ4n) is 1.10. The average molecular weight is 254 g/mol. The normalized spacial score (nSPS) is 9.33. The minimum atomic E-state index is -1.32. The van der Waals surface area contributed by atoms with Gasteiger partial charge in [0.15, 0.2) is 5.78 Å². The maximum atomic E-state index is 11.6. The minimum Gasteiger partial charge on any atom is -0.497 e. The van der Waals surface area contributed by atoms with Crippen molar-refractivity contribution in [2.75, 3.05) is 7.11 Å². The van der Waals surface area contributed by atoms with E-state index in [1.54, 1.807) is 31.4 Å². The Kier molecular flexibility index (Phi) is 10.2. The number of hydrogen-bond acceptors (Lipinski definition) is 3. The second kappa shape index (κ2) is 9.66. The van der Waals surface area contributed by atoms with Gasteiger partial charge in [0, 0.05) is 5.56 Å². The number of hydrogen-bond donors (Lipinski definition) is 1. The predicted octanol–water partition coefficient (Wildman–Crippen LogP) is 3.70. The second-order valence-corrected chi connectivity index (χ2v) is 3.62. The highest BCUT2D eigenvalue weighted by atomic mass is 16.5. The van der Waals surface area contributed by atoms with Crippen molar-refractivity contribution in [3.05, 3.63) is 29.8 Å². The number of carbonyl (C=O) groups excluding carboxylic acids is 1. The van der Waals surface area contributed by atoms with Gasteiger partial charge in [0.25, 0.3) is 0 Å². The van der Waals surface area contributed by atoms with E-state index < -0.39 is 5.60 Å². The lowest BCUT2D eigenvalue weighted by molar-refractivity contribution is 0.0488. The number of methoxy groups -OCH3 is 1. The summed E-state index contributed by atoms with van der Waals surface area (Å²) >= 11 is 0. The van der Waals surface area contributed by atoms with E-state index in [-0.39, 0.29) is 5.78 Å². The third kappa shape index (κ3) is 6.40. The first-order chi connectivity index (χ1) is 8.45. The van der Waals surface area contributed by atoms with Gasteiger partial charge in [0.1, 0.15) is 11.4 Å². The zero-order valence-electron chi connectivity index (χ0n) is 12.6. The van der Waals surface area contributed by atoms with Gasteiger partial charge in [-0.3, -0.25) is 4.79 Å². The molecule has 3 heteroatoms. The van der Waals surface area contributed by atoms with Crippen molar-refractivity contribution in [3.63, 3.8) is 0 Å². The molecule has 0 aliphatic carbocycles. The largest absolute Gasteiger partial charge is 0.497 e. The summed E-state index contributed by atoms with van der Waals surface area (Å²) in [4.78, 5) is 11.6. The van der Waals surface area contributed by atoms with Gasteiger partial charge in [0.2, 0.25) is 0 Å². The molecule has 0 saturated heterocycles. The van der Waals surface area contributed by atoms with Crippen molar-refractivity contribution >= 4 is 5.78 Å². The van der Waals surface area contributed by atoms with Crippen LogP contribution in [0, 0.1) is 0 Å². The summed E-state index contributed by atoms with van der Waals surface area (Å²) in [5, 5.41) is 9.49. The minimum absolute atomic E-state index is 0.292. The molecule has 104 valence electrons. The Morgan fingerprint density at radius 2 is 1.44 bits per heavy atom. The molecule has 0 amide bonds. The molecule has 0 radical (unpaired) electrons. The molecule has 1 rings (SSSR count). The predicted molar refractivity (Wildman–Crippen MR) is 76.3 cm³/mol. The summed E-state index contributed by atoms with van der Waals surface area (Å²) < 4.78 is 4.96. The Labute approximate surface area is 111 Å². The number of Topliss-reactive ketones (excluding diaryl/α,β-unsaturated/α-hetero) is 1. The molecule has 0 heterocycles. The maximum Gasteiger partial charge on any atom is 0.193 e. The quantitative estimate of drug-likeness (QED) is 0.837. The van der Waals surface area contributed by atoms with Crippen molar-refractivity contribution in [2.24, 2.45) is 0 Å². The number of benzene rings is 1. The molecule has 3 nitrogen and oxygen atoms in total. The van der Waals surface area contributed by atoms with E-state index in [4.69, 9.17) is 4.74 Å². The van der Waals surface area contributed by atoms with Crippen molar-refractivity contribution in [1.29, 1.82) is 0 Å². The highest BCUT2D eigenvalue weighted by Gasteiger charge is 2.24. The van der Waals surface area contributed by atoms with Crippen LogP contribution in [0.15, 0.2) is 24.3 Å². The molecule has 0 fully saturated rings. The number of rotatable bonds is 3.